The van der Waals surface area contributed by atoms with Crippen LogP contribution in [0.3, 0.4) is 0 Å². The molecule has 128 valence electrons. The van der Waals surface area contributed by atoms with Crippen LogP contribution in [0.1, 0.15) is 21.8 Å². The molecule has 0 radical (unpaired) electrons. The number of primary amides is 1. The summed E-state index contributed by atoms with van der Waals surface area (Å²) in [7, 11) is 1.52. The van der Waals surface area contributed by atoms with Crippen LogP contribution < -0.4 is 15.2 Å². The Morgan fingerprint density at radius 2 is 2.04 bits per heavy atom. The van der Waals surface area contributed by atoms with E-state index in [1.54, 1.807) is 18.2 Å². The Labute approximate surface area is 144 Å². The summed E-state index contributed by atoms with van der Waals surface area (Å²) in [6.07, 6.45) is 0. The average molecular weight is 339 g/mol. The number of rotatable bonds is 6. The lowest BCUT2D eigenvalue weighted by Crippen LogP contribution is -2.13. The van der Waals surface area contributed by atoms with Gasteiger partial charge in [0.1, 0.15) is 11.5 Å². The van der Waals surface area contributed by atoms with Gasteiger partial charge in [-0.3, -0.25) is 4.79 Å². The third kappa shape index (κ3) is 3.60. The van der Waals surface area contributed by atoms with Crippen LogP contribution in [0.2, 0.25) is 0 Å². The smallest absolute Gasteiger partial charge is 0.264 e. The molecule has 1 heterocycles. The van der Waals surface area contributed by atoms with Crippen LogP contribution in [0.4, 0.5) is 0 Å². The van der Waals surface area contributed by atoms with Crippen LogP contribution in [0.5, 0.6) is 11.5 Å². The minimum absolute atomic E-state index is 0.00628. The SMILES string of the molecule is COc1ccc(C(N)=O)c(OCc2nc(-c3ccccc3C)no2)c1. The second-order valence-corrected chi connectivity index (χ2v) is 5.34. The average Bonchev–Trinajstić information content (AvgIpc) is 3.08. The number of nitrogens with two attached hydrogens (primary N) is 1. The number of nitrogens with zero attached hydrogens (tertiary/aromatic N) is 2. The molecule has 25 heavy (non-hydrogen) atoms. The number of methoxy groups -OCH3 is 1. The Kier molecular flexibility index (Phi) is 4.65. The van der Waals surface area contributed by atoms with Gasteiger partial charge in [0.05, 0.1) is 12.7 Å². The van der Waals surface area contributed by atoms with Gasteiger partial charge >= 0.3 is 0 Å². The molecule has 0 aliphatic heterocycles. The molecule has 3 aromatic rings. The predicted octanol–water partition coefficient (Wildman–Crippen LogP) is 2.73. The summed E-state index contributed by atoms with van der Waals surface area (Å²) >= 11 is 0. The Morgan fingerprint density at radius 3 is 2.76 bits per heavy atom. The van der Waals surface area contributed by atoms with Crippen molar-refractivity contribution in [2.75, 3.05) is 7.11 Å². The molecular weight excluding hydrogens is 322 g/mol. The molecule has 3 rings (SSSR count). The highest BCUT2D eigenvalue weighted by Gasteiger charge is 2.14. The summed E-state index contributed by atoms with van der Waals surface area (Å²) < 4.78 is 16.0. The molecule has 0 bridgehead atoms. The number of aryl methyl sites for hydroxylation is 1. The maximum Gasteiger partial charge on any atom is 0.264 e. The van der Waals surface area contributed by atoms with Crippen LogP contribution in [0, 0.1) is 6.92 Å². The molecule has 0 aliphatic rings. The highest BCUT2D eigenvalue weighted by Crippen LogP contribution is 2.26. The van der Waals surface area contributed by atoms with Gasteiger partial charge in [-0.1, -0.05) is 29.4 Å². The van der Waals surface area contributed by atoms with E-state index >= 15 is 0 Å². The summed E-state index contributed by atoms with van der Waals surface area (Å²) in [6, 6.07) is 12.5. The maximum atomic E-state index is 11.5. The lowest BCUT2D eigenvalue weighted by atomic mass is 10.1. The molecule has 0 fully saturated rings. The first kappa shape index (κ1) is 16.5. The summed E-state index contributed by atoms with van der Waals surface area (Å²) in [6.45, 7) is 1.98. The van der Waals surface area contributed by atoms with Crippen molar-refractivity contribution in [1.82, 2.24) is 10.1 Å². The van der Waals surface area contributed by atoms with Crippen LogP contribution in [0.15, 0.2) is 47.0 Å². The molecule has 0 unspecified atom stereocenters. The van der Waals surface area contributed by atoms with E-state index in [0.717, 1.165) is 11.1 Å². The van der Waals surface area contributed by atoms with E-state index < -0.39 is 5.91 Å². The highest BCUT2D eigenvalue weighted by atomic mass is 16.5. The topological polar surface area (TPSA) is 100 Å². The zero-order chi connectivity index (χ0) is 17.8. The van der Waals surface area contributed by atoms with Crippen molar-refractivity contribution in [3.8, 4) is 22.9 Å². The second-order valence-electron chi connectivity index (χ2n) is 5.34. The first-order valence-electron chi connectivity index (χ1n) is 7.57. The third-order valence-corrected chi connectivity index (χ3v) is 3.66. The Morgan fingerprint density at radius 1 is 1.24 bits per heavy atom. The zero-order valence-corrected chi connectivity index (χ0v) is 13.9. The van der Waals surface area contributed by atoms with Crippen molar-refractivity contribution in [3.05, 3.63) is 59.5 Å². The van der Waals surface area contributed by atoms with E-state index in [0.29, 0.717) is 17.3 Å². The lowest BCUT2D eigenvalue weighted by molar-refractivity contribution is 0.0995. The first-order chi connectivity index (χ1) is 12.1. The quantitative estimate of drug-likeness (QED) is 0.741. The summed E-state index contributed by atoms with van der Waals surface area (Å²) in [5, 5.41) is 3.97. The highest BCUT2D eigenvalue weighted by molar-refractivity contribution is 5.95. The maximum absolute atomic E-state index is 11.5. The normalized spacial score (nSPS) is 10.5. The fourth-order valence-electron chi connectivity index (χ4n) is 2.34. The van der Waals surface area contributed by atoms with Crippen molar-refractivity contribution < 1.29 is 18.8 Å². The Hall–Kier alpha value is -3.35. The van der Waals surface area contributed by atoms with Gasteiger partial charge in [-0.15, -0.1) is 0 Å². The number of carbonyl (C=O) groups is 1. The number of hydrogen-bond acceptors (Lipinski definition) is 6. The standard InChI is InChI=1S/C18H17N3O4/c1-11-5-3-4-6-13(11)18-20-16(25-21-18)10-24-15-9-12(23-2)7-8-14(15)17(19)22/h3-9H,10H2,1-2H3,(H2,19,22). The number of ether oxygens (including phenoxy) is 2. The number of aromatic nitrogens is 2. The summed E-state index contributed by atoms with van der Waals surface area (Å²) in [5.74, 6) is 1.02. The number of carbonyl (C=O) groups excluding carboxylic acids is 1. The molecule has 0 aliphatic carbocycles. The van der Waals surface area contributed by atoms with E-state index in [4.69, 9.17) is 19.7 Å². The molecule has 1 amide bonds. The van der Waals surface area contributed by atoms with Crippen molar-refractivity contribution >= 4 is 5.91 Å². The Balaban J connectivity index is 1.79. The van der Waals surface area contributed by atoms with Gasteiger partial charge in [0.2, 0.25) is 5.82 Å². The molecule has 0 spiro atoms. The molecule has 0 atom stereocenters. The van der Waals surface area contributed by atoms with E-state index in [1.165, 1.54) is 7.11 Å². The minimum Gasteiger partial charge on any atom is -0.497 e. The van der Waals surface area contributed by atoms with Crippen LogP contribution in [-0.4, -0.2) is 23.2 Å². The molecule has 2 N–H and O–H groups in total. The van der Waals surface area contributed by atoms with Gasteiger partial charge in [0.15, 0.2) is 6.61 Å². The second kappa shape index (κ2) is 7.04. The number of hydrogen-bond donors (Lipinski definition) is 1. The van der Waals surface area contributed by atoms with Crippen LogP contribution in [-0.2, 0) is 6.61 Å². The number of amides is 1. The van der Waals surface area contributed by atoms with Gasteiger partial charge in [-0.25, -0.2) is 0 Å². The fraction of sp³-hybridized carbons (Fsp3) is 0.167. The fourth-order valence-corrected chi connectivity index (χ4v) is 2.34. The summed E-state index contributed by atoms with van der Waals surface area (Å²) in [4.78, 5) is 15.8. The van der Waals surface area contributed by atoms with E-state index in [-0.39, 0.29) is 18.1 Å². The first-order valence-corrected chi connectivity index (χ1v) is 7.57. The van der Waals surface area contributed by atoms with Crippen molar-refractivity contribution in [2.45, 2.75) is 13.5 Å². The van der Waals surface area contributed by atoms with E-state index in [1.807, 2.05) is 31.2 Å². The molecule has 0 saturated carbocycles. The van der Waals surface area contributed by atoms with Gasteiger partial charge in [-0.2, -0.15) is 4.98 Å². The zero-order valence-electron chi connectivity index (χ0n) is 13.9. The van der Waals surface area contributed by atoms with Gasteiger partial charge in [0, 0.05) is 11.6 Å². The third-order valence-electron chi connectivity index (χ3n) is 3.66. The van der Waals surface area contributed by atoms with Crippen LogP contribution >= 0.6 is 0 Å². The van der Waals surface area contributed by atoms with E-state index in [2.05, 4.69) is 10.1 Å². The monoisotopic (exact) mass is 339 g/mol. The minimum atomic E-state index is -0.594. The largest absolute Gasteiger partial charge is 0.497 e. The Bertz CT molecular complexity index is 905. The van der Waals surface area contributed by atoms with Crippen molar-refractivity contribution in [2.24, 2.45) is 5.73 Å². The molecule has 1 aromatic heterocycles. The van der Waals surface area contributed by atoms with Gasteiger partial charge < -0.3 is 19.7 Å². The molecule has 0 saturated heterocycles. The van der Waals surface area contributed by atoms with Crippen molar-refractivity contribution in [1.29, 1.82) is 0 Å². The van der Waals surface area contributed by atoms with Gasteiger partial charge in [0.25, 0.3) is 11.8 Å². The van der Waals surface area contributed by atoms with Crippen molar-refractivity contribution in [3.63, 3.8) is 0 Å². The van der Waals surface area contributed by atoms with Gasteiger partial charge in [-0.05, 0) is 24.6 Å². The predicted molar refractivity (Wildman–Crippen MR) is 90.3 cm³/mol. The molecule has 7 nitrogen and oxygen atoms in total. The molecule has 2 aromatic carbocycles. The van der Waals surface area contributed by atoms with E-state index in [9.17, 15) is 4.79 Å². The molecular formula is C18H17N3O4. The van der Waals surface area contributed by atoms with Crippen LogP contribution in [0.25, 0.3) is 11.4 Å². The summed E-state index contributed by atoms with van der Waals surface area (Å²) in [5.41, 5.74) is 7.54. The number of benzene rings is 2. The lowest BCUT2D eigenvalue weighted by Gasteiger charge is -2.09. The molecule has 7 heteroatoms.